The Hall–Kier alpha value is -2.23. The third kappa shape index (κ3) is 5.23. The highest BCUT2D eigenvalue weighted by Crippen LogP contribution is 2.22. The summed E-state index contributed by atoms with van der Waals surface area (Å²) in [6, 6.07) is 8.86. The number of hydrogen-bond donors (Lipinski definition) is 2. The lowest BCUT2D eigenvalue weighted by Gasteiger charge is -2.31. The Balaban J connectivity index is 1.54. The molecule has 0 unspecified atom stereocenters. The number of quaternary nitrogens is 1. The molecule has 1 saturated heterocycles. The number of anilines is 1. The molecular formula is C20H29N4O4S+. The van der Waals surface area contributed by atoms with Crippen molar-refractivity contribution < 1.29 is 22.6 Å². The van der Waals surface area contributed by atoms with Gasteiger partial charge in [-0.15, -0.1) is 0 Å². The second-order valence-electron chi connectivity index (χ2n) is 7.58. The lowest BCUT2D eigenvalue weighted by atomic mass is 9.99. The Labute approximate surface area is 171 Å². The number of aromatic nitrogens is 1. The second kappa shape index (κ2) is 9.06. The van der Waals surface area contributed by atoms with Crippen LogP contribution in [-0.2, 0) is 14.8 Å². The third-order valence-electron chi connectivity index (χ3n) is 5.43. The highest BCUT2D eigenvalue weighted by molar-refractivity contribution is 7.89. The minimum absolute atomic E-state index is 0.162. The van der Waals surface area contributed by atoms with E-state index in [1.807, 2.05) is 12.1 Å². The van der Waals surface area contributed by atoms with E-state index in [0.29, 0.717) is 48.6 Å². The van der Waals surface area contributed by atoms with Crippen LogP contribution in [0, 0.1) is 6.92 Å². The Morgan fingerprint density at radius 1 is 1.28 bits per heavy atom. The standard InChI is InChI=1S/C20H28N4O4S/c1-4-15(2)17-5-7-18(8-6-17)29(26,27)24-11-9-23(10-12-24)14-20(25)21-19-13-16(3)28-22-19/h5-8,13,15H,4,9-12,14H2,1-3H3,(H,21,22,25)/p+1/t15-/m0/s1. The van der Waals surface area contributed by atoms with Crippen molar-refractivity contribution in [3.05, 3.63) is 41.7 Å². The summed E-state index contributed by atoms with van der Waals surface area (Å²) in [5.41, 5.74) is 1.15. The van der Waals surface area contributed by atoms with Gasteiger partial charge in [0.15, 0.2) is 12.4 Å². The topological polar surface area (TPSA) is 97.0 Å². The average Bonchev–Trinajstić information content (AvgIpc) is 3.12. The summed E-state index contributed by atoms with van der Waals surface area (Å²) in [6.07, 6.45) is 1.01. The summed E-state index contributed by atoms with van der Waals surface area (Å²) in [6.45, 7) is 8.21. The zero-order valence-corrected chi connectivity index (χ0v) is 18.0. The number of carbonyl (C=O) groups is 1. The summed E-state index contributed by atoms with van der Waals surface area (Å²) in [7, 11) is -3.51. The molecule has 8 nitrogen and oxygen atoms in total. The van der Waals surface area contributed by atoms with E-state index in [9.17, 15) is 13.2 Å². The number of carbonyl (C=O) groups excluding carboxylic acids is 1. The number of aryl methyl sites for hydroxylation is 1. The van der Waals surface area contributed by atoms with Gasteiger partial charge in [0.2, 0.25) is 10.0 Å². The molecule has 1 aromatic carbocycles. The molecule has 1 amide bonds. The van der Waals surface area contributed by atoms with Crippen molar-refractivity contribution in [3.63, 3.8) is 0 Å². The number of rotatable bonds is 7. The number of piperazine rings is 1. The number of amides is 1. The Morgan fingerprint density at radius 2 is 1.93 bits per heavy atom. The van der Waals surface area contributed by atoms with Gasteiger partial charge in [0.25, 0.3) is 5.91 Å². The van der Waals surface area contributed by atoms with E-state index < -0.39 is 10.0 Å². The molecule has 1 atom stereocenters. The van der Waals surface area contributed by atoms with Crippen molar-refractivity contribution in [2.45, 2.75) is 38.0 Å². The van der Waals surface area contributed by atoms with Gasteiger partial charge in [-0.05, 0) is 37.0 Å². The fourth-order valence-corrected chi connectivity index (χ4v) is 4.85. The van der Waals surface area contributed by atoms with Gasteiger partial charge in [-0.25, -0.2) is 8.42 Å². The molecule has 3 rings (SSSR count). The highest BCUT2D eigenvalue weighted by Gasteiger charge is 2.31. The number of benzene rings is 1. The van der Waals surface area contributed by atoms with Crippen LogP contribution in [0.2, 0.25) is 0 Å². The summed E-state index contributed by atoms with van der Waals surface area (Å²) in [4.78, 5) is 13.5. The van der Waals surface area contributed by atoms with Gasteiger partial charge in [0.05, 0.1) is 31.1 Å². The maximum atomic E-state index is 12.9. The third-order valence-corrected chi connectivity index (χ3v) is 7.35. The lowest BCUT2D eigenvalue weighted by molar-refractivity contribution is -0.895. The molecule has 2 aromatic rings. The first-order valence-corrected chi connectivity index (χ1v) is 11.4. The number of hydrogen-bond acceptors (Lipinski definition) is 5. The van der Waals surface area contributed by atoms with E-state index in [4.69, 9.17) is 4.52 Å². The molecule has 2 heterocycles. The quantitative estimate of drug-likeness (QED) is 0.696. The Morgan fingerprint density at radius 3 is 2.48 bits per heavy atom. The summed E-state index contributed by atoms with van der Waals surface area (Å²) >= 11 is 0. The van der Waals surface area contributed by atoms with E-state index in [0.717, 1.165) is 16.9 Å². The first-order chi connectivity index (χ1) is 13.8. The van der Waals surface area contributed by atoms with E-state index in [1.54, 1.807) is 25.1 Å². The molecule has 1 aliphatic heterocycles. The van der Waals surface area contributed by atoms with E-state index in [1.165, 1.54) is 4.31 Å². The van der Waals surface area contributed by atoms with Crippen molar-refractivity contribution in [2.24, 2.45) is 0 Å². The highest BCUT2D eigenvalue weighted by atomic mass is 32.2. The van der Waals surface area contributed by atoms with Crippen molar-refractivity contribution in [2.75, 3.05) is 38.0 Å². The van der Waals surface area contributed by atoms with Gasteiger partial charge in [0.1, 0.15) is 5.76 Å². The lowest BCUT2D eigenvalue weighted by Crippen LogP contribution is -3.15. The van der Waals surface area contributed by atoms with Gasteiger partial charge >= 0.3 is 0 Å². The van der Waals surface area contributed by atoms with Gasteiger partial charge < -0.3 is 14.7 Å². The zero-order chi connectivity index (χ0) is 21.0. The van der Waals surface area contributed by atoms with Crippen LogP contribution in [0.15, 0.2) is 39.8 Å². The van der Waals surface area contributed by atoms with Crippen LogP contribution in [0.25, 0.3) is 0 Å². The second-order valence-corrected chi connectivity index (χ2v) is 9.52. The maximum absolute atomic E-state index is 12.9. The number of sulfonamides is 1. The maximum Gasteiger partial charge on any atom is 0.280 e. The monoisotopic (exact) mass is 421 g/mol. The van der Waals surface area contributed by atoms with Gasteiger partial charge in [-0.1, -0.05) is 31.1 Å². The largest absolute Gasteiger partial charge is 0.360 e. The van der Waals surface area contributed by atoms with Gasteiger partial charge in [0, 0.05) is 6.07 Å². The van der Waals surface area contributed by atoms with E-state index >= 15 is 0 Å². The molecule has 1 fully saturated rings. The minimum atomic E-state index is -3.51. The van der Waals surface area contributed by atoms with Gasteiger partial charge in [-0.3, -0.25) is 4.79 Å². The van der Waals surface area contributed by atoms with E-state index in [-0.39, 0.29) is 12.5 Å². The molecular weight excluding hydrogens is 392 g/mol. The zero-order valence-electron chi connectivity index (χ0n) is 17.1. The average molecular weight is 422 g/mol. The summed E-state index contributed by atoms with van der Waals surface area (Å²) < 4.78 is 32.3. The van der Waals surface area contributed by atoms with Gasteiger partial charge in [-0.2, -0.15) is 4.31 Å². The van der Waals surface area contributed by atoms with Crippen molar-refractivity contribution in [1.29, 1.82) is 0 Å². The fourth-order valence-electron chi connectivity index (χ4n) is 3.41. The fraction of sp³-hybridized carbons (Fsp3) is 0.500. The van der Waals surface area contributed by atoms with Crippen LogP contribution in [0.3, 0.4) is 0 Å². The predicted octanol–water partition coefficient (Wildman–Crippen LogP) is 1.02. The van der Waals surface area contributed by atoms with Crippen LogP contribution >= 0.6 is 0 Å². The van der Waals surface area contributed by atoms with Crippen molar-refractivity contribution in [1.82, 2.24) is 9.46 Å². The minimum Gasteiger partial charge on any atom is -0.360 e. The van der Waals surface area contributed by atoms with Crippen molar-refractivity contribution >= 4 is 21.7 Å². The molecule has 2 N–H and O–H groups in total. The van der Waals surface area contributed by atoms with E-state index in [2.05, 4.69) is 24.3 Å². The first-order valence-electron chi connectivity index (χ1n) is 9.96. The van der Waals surface area contributed by atoms with Crippen LogP contribution in [0.4, 0.5) is 5.82 Å². The van der Waals surface area contributed by atoms with Crippen LogP contribution in [-0.4, -0.2) is 56.5 Å². The molecule has 0 bridgehead atoms. The van der Waals surface area contributed by atoms with Crippen LogP contribution in [0.1, 0.15) is 37.5 Å². The van der Waals surface area contributed by atoms with Crippen LogP contribution in [0.5, 0.6) is 0 Å². The molecule has 0 saturated carbocycles. The smallest absolute Gasteiger partial charge is 0.280 e. The molecule has 1 aromatic heterocycles. The molecule has 29 heavy (non-hydrogen) atoms. The Bertz CT molecular complexity index is 932. The SMILES string of the molecule is CC[C@H](C)c1ccc(S(=O)(=O)N2CC[NH+](CC(=O)Nc3cc(C)on3)CC2)cc1. The number of nitrogens with one attached hydrogen (secondary N) is 2. The molecule has 9 heteroatoms. The van der Waals surface area contributed by atoms with Crippen molar-refractivity contribution in [3.8, 4) is 0 Å². The van der Waals surface area contributed by atoms with Crippen LogP contribution < -0.4 is 10.2 Å². The molecule has 0 radical (unpaired) electrons. The first kappa shape index (κ1) is 21.5. The predicted molar refractivity (Wildman–Crippen MR) is 109 cm³/mol. The molecule has 0 spiro atoms. The number of nitrogens with zero attached hydrogens (tertiary/aromatic N) is 2. The molecule has 158 valence electrons. The normalized spacial score (nSPS) is 17.2. The molecule has 1 aliphatic rings. The summed E-state index contributed by atoms with van der Waals surface area (Å²) in [5.74, 6) is 1.27. The molecule has 0 aliphatic carbocycles. The Kier molecular flexibility index (Phi) is 6.71. The summed E-state index contributed by atoms with van der Waals surface area (Å²) in [5, 5.41) is 6.45.